The number of halogens is 2. The van der Waals surface area contributed by atoms with Gasteiger partial charge in [0.2, 0.25) is 0 Å². The molecule has 2 aromatic rings. The zero-order valence-corrected chi connectivity index (χ0v) is 12.7. The number of nitrogens with zero attached hydrogens (tertiary/aromatic N) is 2. The van der Waals surface area contributed by atoms with E-state index in [0.717, 1.165) is 37.3 Å². The van der Waals surface area contributed by atoms with Gasteiger partial charge in [0, 0.05) is 25.8 Å². The molecule has 2 rings (SSSR count). The molecule has 1 aromatic carbocycles. The first-order chi connectivity index (χ1) is 9.63. The lowest BCUT2D eigenvalue weighted by atomic mass is 10.3. The molecule has 5 heteroatoms. The van der Waals surface area contributed by atoms with Gasteiger partial charge >= 0.3 is 0 Å². The van der Waals surface area contributed by atoms with Gasteiger partial charge in [0.1, 0.15) is 11.6 Å². The summed E-state index contributed by atoms with van der Waals surface area (Å²) in [6.07, 6.45) is 1.91. The summed E-state index contributed by atoms with van der Waals surface area (Å²) in [5, 5.41) is -0.206. The third-order valence-corrected chi connectivity index (χ3v) is 3.31. The molecule has 1 heterocycles. The lowest BCUT2D eigenvalue weighted by molar-refractivity contribution is 0.129. The lowest BCUT2D eigenvalue weighted by Gasteiger charge is -2.10. The first kappa shape index (κ1) is 15.3. The van der Waals surface area contributed by atoms with E-state index in [-0.39, 0.29) is 11.2 Å². The lowest BCUT2D eigenvalue weighted by Crippen LogP contribution is -2.07. The van der Waals surface area contributed by atoms with E-state index in [2.05, 4.69) is 16.5 Å². The standard InChI is InChI=1S/C15H20ClFN2O/c1-3-8-20-9-4-7-19-14-6-5-12(17)10-13(14)18-15(19)11(2)16/h5-6,10-11H,3-4,7-9H2,1-2H3. The van der Waals surface area contributed by atoms with E-state index in [9.17, 15) is 4.39 Å². The maximum atomic E-state index is 13.3. The van der Waals surface area contributed by atoms with E-state index < -0.39 is 0 Å². The quantitative estimate of drug-likeness (QED) is 0.563. The maximum Gasteiger partial charge on any atom is 0.127 e. The summed E-state index contributed by atoms with van der Waals surface area (Å²) in [6, 6.07) is 4.66. The fraction of sp³-hybridized carbons (Fsp3) is 0.533. The number of aryl methyl sites for hydroxylation is 1. The number of benzene rings is 1. The van der Waals surface area contributed by atoms with Gasteiger partial charge in [0.15, 0.2) is 0 Å². The van der Waals surface area contributed by atoms with Crippen LogP contribution in [0.15, 0.2) is 18.2 Å². The first-order valence-electron chi connectivity index (χ1n) is 7.01. The van der Waals surface area contributed by atoms with Gasteiger partial charge in [-0.3, -0.25) is 0 Å². The topological polar surface area (TPSA) is 27.1 Å². The molecule has 1 aromatic heterocycles. The summed E-state index contributed by atoms with van der Waals surface area (Å²) in [7, 11) is 0. The third-order valence-electron chi connectivity index (χ3n) is 3.11. The molecule has 0 fully saturated rings. The van der Waals surface area contributed by atoms with E-state index in [0.29, 0.717) is 12.1 Å². The molecule has 3 nitrogen and oxygen atoms in total. The van der Waals surface area contributed by atoms with Crippen molar-refractivity contribution in [2.75, 3.05) is 13.2 Å². The van der Waals surface area contributed by atoms with Crippen molar-refractivity contribution in [2.45, 2.75) is 38.6 Å². The predicted molar refractivity (Wildman–Crippen MR) is 79.7 cm³/mol. The van der Waals surface area contributed by atoms with Gasteiger partial charge in [0.25, 0.3) is 0 Å². The van der Waals surface area contributed by atoms with Crippen molar-refractivity contribution in [3.05, 3.63) is 29.8 Å². The largest absolute Gasteiger partial charge is 0.381 e. The SMILES string of the molecule is CCCOCCCn1c(C(C)Cl)nc2cc(F)ccc21. The molecule has 0 aliphatic carbocycles. The number of alkyl halides is 1. The van der Waals surface area contributed by atoms with Crippen LogP contribution in [0.25, 0.3) is 11.0 Å². The molecule has 0 N–H and O–H groups in total. The van der Waals surface area contributed by atoms with E-state index in [1.165, 1.54) is 12.1 Å². The zero-order chi connectivity index (χ0) is 14.5. The van der Waals surface area contributed by atoms with Crippen molar-refractivity contribution in [1.82, 2.24) is 9.55 Å². The van der Waals surface area contributed by atoms with E-state index in [1.807, 2.05) is 6.92 Å². The Labute approximate surface area is 123 Å². The minimum absolute atomic E-state index is 0.206. The van der Waals surface area contributed by atoms with Crippen LogP contribution in [0, 0.1) is 5.82 Å². The van der Waals surface area contributed by atoms with Crippen LogP contribution in [0.4, 0.5) is 4.39 Å². The van der Waals surface area contributed by atoms with Gasteiger partial charge in [-0.15, -0.1) is 11.6 Å². The maximum absolute atomic E-state index is 13.3. The molecule has 0 amide bonds. The van der Waals surface area contributed by atoms with Crippen LogP contribution in [0.2, 0.25) is 0 Å². The van der Waals surface area contributed by atoms with Gasteiger partial charge in [-0.2, -0.15) is 0 Å². The Balaban J connectivity index is 2.18. The van der Waals surface area contributed by atoms with E-state index >= 15 is 0 Å². The summed E-state index contributed by atoms with van der Waals surface area (Å²) in [5.41, 5.74) is 1.58. The Hall–Kier alpha value is -1.13. The summed E-state index contributed by atoms with van der Waals surface area (Å²) < 4.78 is 20.8. The first-order valence-corrected chi connectivity index (χ1v) is 7.44. The van der Waals surface area contributed by atoms with Crippen molar-refractivity contribution in [3.63, 3.8) is 0 Å². The number of hydrogen-bond donors (Lipinski definition) is 0. The highest BCUT2D eigenvalue weighted by Gasteiger charge is 2.15. The molecule has 0 spiro atoms. The van der Waals surface area contributed by atoms with Crippen LogP contribution >= 0.6 is 11.6 Å². The smallest absolute Gasteiger partial charge is 0.127 e. The molecule has 1 atom stereocenters. The molecule has 20 heavy (non-hydrogen) atoms. The minimum Gasteiger partial charge on any atom is -0.381 e. The fourth-order valence-electron chi connectivity index (χ4n) is 2.23. The second-order valence-corrected chi connectivity index (χ2v) is 5.49. The molecule has 0 aliphatic rings. The molecule has 110 valence electrons. The number of rotatable bonds is 7. The molecule has 0 aliphatic heterocycles. The van der Waals surface area contributed by atoms with Gasteiger partial charge < -0.3 is 9.30 Å². The van der Waals surface area contributed by atoms with Crippen LogP contribution in [0.5, 0.6) is 0 Å². The van der Waals surface area contributed by atoms with E-state index in [1.54, 1.807) is 6.07 Å². The van der Waals surface area contributed by atoms with Crippen molar-refractivity contribution < 1.29 is 9.13 Å². The average molecular weight is 299 g/mol. The molecular formula is C15H20ClFN2O. The molecule has 0 saturated heterocycles. The summed E-state index contributed by atoms with van der Waals surface area (Å²) >= 11 is 6.17. The number of imidazole rings is 1. The molecule has 0 bridgehead atoms. The summed E-state index contributed by atoms with van der Waals surface area (Å²) in [4.78, 5) is 4.44. The Kier molecular flexibility index (Phi) is 5.38. The van der Waals surface area contributed by atoms with Crippen LogP contribution in [0.3, 0.4) is 0 Å². The fourth-order valence-corrected chi connectivity index (χ4v) is 2.40. The summed E-state index contributed by atoms with van der Waals surface area (Å²) in [6.45, 7) is 6.24. The average Bonchev–Trinajstić information content (AvgIpc) is 2.76. The van der Waals surface area contributed by atoms with E-state index in [4.69, 9.17) is 16.3 Å². The zero-order valence-electron chi connectivity index (χ0n) is 11.9. The normalized spacial score (nSPS) is 13.0. The Morgan fingerprint density at radius 1 is 1.40 bits per heavy atom. The highest BCUT2D eigenvalue weighted by Crippen LogP contribution is 2.25. The van der Waals surface area contributed by atoms with Crippen LogP contribution in [-0.4, -0.2) is 22.8 Å². The Morgan fingerprint density at radius 2 is 2.20 bits per heavy atom. The van der Waals surface area contributed by atoms with Crippen LogP contribution < -0.4 is 0 Å². The Morgan fingerprint density at radius 3 is 2.90 bits per heavy atom. The predicted octanol–water partition coefficient (Wildman–Crippen LogP) is 4.29. The number of fused-ring (bicyclic) bond motifs is 1. The van der Waals surface area contributed by atoms with Gasteiger partial charge in [-0.25, -0.2) is 9.37 Å². The number of aromatic nitrogens is 2. The third kappa shape index (κ3) is 3.49. The molecular weight excluding hydrogens is 279 g/mol. The molecule has 0 saturated carbocycles. The number of hydrogen-bond acceptors (Lipinski definition) is 2. The highest BCUT2D eigenvalue weighted by atomic mass is 35.5. The summed E-state index contributed by atoms with van der Waals surface area (Å²) in [5.74, 6) is 0.505. The second kappa shape index (κ2) is 7.04. The van der Waals surface area contributed by atoms with Crippen molar-refractivity contribution >= 4 is 22.6 Å². The van der Waals surface area contributed by atoms with Gasteiger partial charge in [-0.05, 0) is 31.9 Å². The van der Waals surface area contributed by atoms with Crippen LogP contribution in [0.1, 0.15) is 37.9 Å². The van der Waals surface area contributed by atoms with Gasteiger partial charge in [0.05, 0.1) is 16.4 Å². The van der Waals surface area contributed by atoms with Crippen molar-refractivity contribution in [3.8, 4) is 0 Å². The molecule has 1 unspecified atom stereocenters. The molecule has 0 radical (unpaired) electrons. The number of ether oxygens (including phenoxy) is 1. The van der Waals surface area contributed by atoms with Gasteiger partial charge in [-0.1, -0.05) is 6.92 Å². The van der Waals surface area contributed by atoms with Crippen molar-refractivity contribution in [2.24, 2.45) is 0 Å². The van der Waals surface area contributed by atoms with Crippen molar-refractivity contribution in [1.29, 1.82) is 0 Å². The highest BCUT2D eigenvalue weighted by molar-refractivity contribution is 6.20. The minimum atomic E-state index is -0.276. The Bertz CT molecular complexity index is 568. The second-order valence-electron chi connectivity index (χ2n) is 4.84. The van der Waals surface area contributed by atoms with Crippen LogP contribution in [-0.2, 0) is 11.3 Å². The monoisotopic (exact) mass is 298 g/mol.